The Hall–Kier alpha value is -3.43. The highest BCUT2D eigenvalue weighted by atomic mass is 16.3. The molecule has 1 amide bonds. The highest BCUT2D eigenvalue weighted by Crippen LogP contribution is 2.31. The van der Waals surface area contributed by atoms with E-state index in [0.29, 0.717) is 13.0 Å². The van der Waals surface area contributed by atoms with Crippen LogP contribution < -0.4 is 4.90 Å². The Morgan fingerprint density at radius 3 is 2.63 bits per heavy atom. The highest BCUT2D eigenvalue weighted by Gasteiger charge is 2.42. The van der Waals surface area contributed by atoms with Crippen LogP contribution in [0.3, 0.4) is 0 Å². The van der Waals surface area contributed by atoms with Crippen LogP contribution in [0.15, 0.2) is 48.8 Å². The Labute approximate surface area is 175 Å². The van der Waals surface area contributed by atoms with Crippen LogP contribution in [0.1, 0.15) is 18.4 Å². The molecule has 30 heavy (non-hydrogen) atoms. The molecule has 0 bridgehead atoms. The van der Waals surface area contributed by atoms with E-state index in [1.54, 1.807) is 13.4 Å². The molecule has 0 radical (unpaired) electrons. The van der Waals surface area contributed by atoms with Crippen molar-refractivity contribution in [3.63, 3.8) is 0 Å². The summed E-state index contributed by atoms with van der Waals surface area (Å²) in [6.45, 7) is 2.57. The molecule has 1 atom stereocenters. The van der Waals surface area contributed by atoms with Crippen LogP contribution in [0, 0.1) is 11.8 Å². The molecule has 6 nitrogen and oxygen atoms in total. The number of aliphatic hydroxyl groups is 1. The number of likely N-dealkylation sites (tertiary alicyclic amines) is 1. The highest BCUT2D eigenvalue weighted by molar-refractivity contribution is 5.93. The second-order valence-corrected chi connectivity index (χ2v) is 7.94. The number of hydrogen-bond acceptors (Lipinski definition) is 5. The zero-order valence-electron chi connectivity index (χ0n) is 16.8. The molecule has 2 aliphatic heterocycles. The van der Waals surface area contributed by atoms with Crippen molar-refractivity contribution in [2.75, 3.05) is 31.6 Å². The number of amides is 1. The monoisotopic (exact) mass is 398 g/mol. The summed E-state index contributed by atoms with van der Waals surface area (Å²) in [5.74, 6) is 6.43. The number of aromatic nitrogens is 2. The average Bonchev–Trinajstić information content (AvgIpc) is 2.99. The lowest BCUT2D eigenvalue weighted by Gasteiger charge is -2.32. The minimum atomic E-state index is -1.59. The molecule has 5 rings (SSSR count). The van der Waals surface area contributed by atoms with Gasteiger partial charge in [0.15, 0.2) is 0 Å². The van der Waals surface area contributed by atoms with Gasteiger partial charge in [0.05, 0.1) is 5.52 Å². The zero-order valence-corrected chi connectivity index (χ0v) is 16.8. The van der Waals surface area contributed by atoms with Gasteiger partial charge in [-0.3, -0.25) is 4.79 Å². The number of likely N-dealkylation sites (N-methyl/N-ethyl adjacent to an activating group) is 1. The smallest absolute Gasteiger partial charge is 0.267 e. The van der Waals surface area contributed by atoms with Gasteiger partial charge in [-0.05, 0) is 41.8 Å². The molecule has 1 aromatic heterocycles. The van der Waals surface area contributed by atoms with Gasteiger partial charge in [-0.15, -0.1) is 0 Å². The minimum Gasteiger partial charge on any atom is -0.369 e. The van der Waals surface area contributed by atoms with Crippen molar-refractivity contribution in [1.82, 2.24) is 14.9 Å². The topological polar surface area (TPSA) is 69.6 Å². The Kier molecular flexibility index (Phi) is 4.41. The number of hydrogen-bond donors (Lipinski definition) is 1. The molecule has 0 aliphatic carbocycles. The Morgan fingerprint density at radius 1 is 1.07 bits per heavy atom. The zero-order chi connectivity index (χ0) is 20.7. The van der Waals surface area contributed by atoms with Gasteiger partial charge in [0.1, 0.15) is 12.1 Å². The fraction of sp³-hybridized carbons (Fsp3) is 0.292. The fourth-order valence-electron chi connectivity index (χ4n) is 3.92. The number of carbonyl (C=O) groups excluding carboxylic acids is 1. The van der Waals surface area contributed by atoms with Crippen LogP contribution in [0.25, 0.3) is 22.0 Å². The number of fused-ring (bicyclic) bond motifs is 1. The molecule has 150 valence electrons. The molecular formula is C24H22N4O2. The normalized spacial score (nSPS) is 20.8. The standard InChI is InChI=1S/C24H22N4O2/c1-27-13-10-24(30,23(27)29)9-8-17-4-2-5-18(14-17)19-6-7-21-20(15-19)22(26-16-25-21)28-11-3-12-28/h2,4-7,14-16,30H,3,10-13H2,1H3/t24-/m0/s1. The van der Waals surface area contributed by atoms with Gasteiger partial charge in [-0.1, -0.05) is 30.0 Å². The van der Waals surface area contributed by atoms with Gasteiger partial charge in [0.2, 0.25) is 5.60 Å². The van der Waals surface area contributed by atoms with Crippen molar-refractivity contribution >= 4 is 22.6 Å². The quantitative estimate of drug-likeness (QED) is 0.672. The molecule has 0 unspecified atom stereocenters. The van der Waals surface area contributed by atoms with E-state index in [9.17, 15) is 9.90 Å². The van der Waals surface area contributed by atoms with Crippen LogP contribution >= 0.6 is 0 Å². The van der Waals surface area contributed by atoms with Crippen LogP contribution in [0.4, 0.5) is 5.82 Å². The van der Waals surface area contributed by atoms with Crippen molar-refractivity contribution in [1.29, 1.82) is 0 Å². The number of anilines is 1. The predicted molar refractivity (Wildman–Crippen MR) is 116 cm³/mol. The van der Waals surface area contributed by atoms with E-state index in [0.717, 1.165) is 46.5 Å². The summed E-state index contributed by atoms with van der Waals surface area (Å²) < 4.78 is 0. The lowest BCUT2D eigenvalue weighted by molar-refractivity contribution is -0.137. The maximum Gasteiger partial charge on any atom is 0.267 e. The second-order valence-electron chi connectivity index (χ2n) is 7.94. The maximum atomic E-state index is 12.1. The summed E-state index contributed by atoms with van der Waals surface area (Å²) in [5.41, 5.74) is 2.17. The fourth-order valence-corrected chi connectivity index (χ4v) is 3.92. The van der Waals surface area contributed by atoms with E-state index in [2.05, 4.69) is 32.8 Å². The van der Waals surface area contributed by atoms with Crippen molar-refractivity contribution in [2.45, 2.75) is 18.4 Å². The van der Waals surface area contributed by atoms with E-state index in [1.165, 1.54) is 11.3 Å². The van der Waals surface area contributed by atoms with Crippen molar-refractivity contribution < 1.29 is 9.90 Å². The molecule has 0 saturated carbocycles. The van der Waals surface area contributed by atoms with Crippen molar-refractivity contribution in [3.8, 4) is 23.0 Å². The summed E-state index contributed by atoms with van der Waals surface area (Å²) >= 11 is 0. The Morgan fingerprint density at radius 2 is 1.90 bits per heavy atom. The van der Waals surface area contributed by atoms with Crippen molar-refractivity contribution in [3.05, 3.63) is 54.4 Å². The van der Waals surface area contributed by atoms with Crippen LogP contribution in [0.2, 0.25) is 0 Å². The van der Waals surface area contributed by atoms with Crippen LogP contribution in [0.5, 0.6) is 0 Å². The molecule has 1 N–H and O–H groups in total. The van der Waals surface area contributed by atoms with E-state index >= 15 is 0 Å². The number of carbonyl (C=O) groups is 1. The summed E-state index contributed by atoms with van der Waals surface area (Å²) in [6, 6.07) is 14.0. The first-order valence-electron chi connectivity index (χ1n) is 10.1. The largest absolute Gasteiger partial charge is 0.369 e. The van der Waals surface area contributed by atoms with E-state index < -0.39 is 5.60 Å². The molecule has 3 aromatic rings. The SMILES string of the molecule is CN1CC[C@@](O)(C#Cc2cccc(-c3ccc4ncnc(N5CCC5)c4c3)c2)C1=O. The maximum absolute atomic E-state index is 12.1. The van der Waals surface area contributed by atoms with Crippen LogP contribution in [-0.2, 0) is 4.79 Å². The first-order chi connectivity index (χ1) is 14.5. The van der Waals surface area contributed by atoms with Gasteiger partial charge < -0.3 is 14.9 Å². The van der Waals surface area contributed by atoms with Gasteiger partial charge in [-0.2, -0.15) is 0 Å². The third-order valence-corrected chi connectivity index (χ3v) is 5.89. The van der Waals surface area contributed by atoms with Gasteiger partial charge in [0, 0.05) is 44.1 Å². The molecule has 2 fully saturated rings. The molecular weight excluding hydrogens is 376 g/mol. The summed E-state index contributed by atoms with van der Waals surface area (Å²) in [5, 5.41) is 11.6. The number of rotatable bonds is 2. The lowest BCUT2D eigenvalue weighted by Crippen LogP contribution is -2.37. The van der Waals surface area contributed by atoms with E-state index in [4.69, 9.17) is 0 Å². The molecule has 0 spiro atoms. The number of benzene rings is 2. The summed E-state index contributed by atoms with van der Waals surface area (Å²) in [6.07, 6.45) is 3.15. The van der Waals surface area contributed by atoms with E-state index in [1.807, 2.05) is 36.4 Å². The Balaban J connectivity index is 1.50. The predicted octanol–water partition coefficient (Wildman–Crippen LogP) is 2.45. The first-order valence-corrected chi connectivity index (χ1v) is 10.1. The summed E-state index contributed by atoms with van der Waals surface area (Å²) in [7, 11) is 1.68. The minimum absolute atomic E-state index is 0.332. The third kappa shape index (κ3) is 3.17. The summed E-state index contributed by atoms with van der Waals surface area (Å²) in [4.78, 5) is 24.8. The molecule has 2 aromatic carbocycles. The second kappa shape index (κ2) is 7.12. The van der Waals surface area contributed by atoms with Crippen LogP contribution in [-0.4, -0.2) is 58.2 Å². The molecule has 6 heteroatoms. The molecule has 3 heterocycles. The molecule has 2 saturated heterocycles. The van der Waals surface area contributed by atoms with E-state index in [-0.39, 0.29) is 5.91 Å². The van der Waals surface area contributed by atoms with Gasteiger partial charge >= 0.3 is 0 Å². The average molecular weight is 398 g/mol. The third-order valence-electron chi connectivity index (χ3n) is 5.89. The number of nitrogens with zero attached hydrogens (tertiary/aromatic N) is 4. The van der Waals surface area contributed by atoms with Gasteiger partial charge in [-0.25, -0.2) is 9.97 Å². The van der Waals surface area contributed by atoms with Crippen molar-refractivity contribution in [2.24, 2.45) is 0 Å². The lowest BCUT2D eigenvalue weighted by atomic mass is 9.99. The van der Waals surface area contributed by atoms with Gasteiger partial charge in [0.25, 0.3) is 5.91 Å². The first kappa shape index (κ1) is 18.6. The Bertz CT molecular complexity index is 1210. The molecule has 2 aliphatic rings.